The highest BCUT2D eigenvalue weighted by Gasteiger charge is 2.38. The van der Waals surface area contributed by atoms with Gasteiger partial charge in [0.05, 0.1) is 62.2 Å². The number of Topliss-reactive ketones (excluding diaryl/α,β-unsaturated/α-hetero) is 2. The van der Waals surface area contributed by atoms with E-state index in [0.717, 1.165) is 76.9 Å². The number of aromatic nitrogens is 6. The van der Waals surface area contributed by atoms with Crippen molar-refractivity contribution >= 4 is 150 Å². The number of benzene rings is 8. The Kier molecular flexibility index (Phi) is 38.5. The second kappa shape index (κ2) is 52.6. The Labute approximate surface area is 870 Å². The van der Waals surface area contributed by atoms with E-state index in [9.17, 15) is 77.3 Å². The zero-order valence-electron chi connectivity index (χ0n) is 82.4. The molecule has 14 N–H and O–H groups in total. The molecule has 38 nitrogen and oxygen atoms in total. The number of carbonyl (C=O) groups excluding carboxylic acids is 10. The van der Waals surface area contributed by atoms with E-state index >= 15 is 0 Å². The fourth-order valence-electron chi connectivity index (χ4n) is 18.0. The van der Waals surface area contributed by atoms with Crippen molar-refractivity contribution in [3.05, 3.63) is 257 Å². The molecule has 8 aromatic carbocycles. The van der Waals surface area contributed by atoms with Gasteiger partial charge >= 0.3 is 23.9 Å². The summed E-state index contributed by atoms with van der Waals surface area (Å²) in [7, 11) is 0. The van der Waals surface area contributed by atoms with E-state index in [1.165, 1.54) is 79.9 Å². The van der Waals surface area contributed by atoms with Gasteiger partial charge in [0.1, 0.15) is 35.7 Å². The van der Waals surface area contributed by atoms with Crippen LogP contribution in [0.5, 0.6) is 0 Å². The molecular formula is C110H108N20O18S2. The minimum Gasteiger partial charge on any atom is -0.481 e. The van der Waals surface area contributed by atoms with Gasteiger partial charge in [0.25, 0.3) is 0 Å². The Morgan fingerprint density at radius 3 is 1.14 bits per heavy atom. The molecule has 150 heavy (non-hydrogen) atoms. The number of hydrogen-bond acceptors (Lipinski definition) is 22. The monoisotopic (exact) mass is 2060 g/mol. The van der Waals surface area contributed by atoms with Crippen LogP contribution in [0, 0.1) is 71.0 Å². The van der Waals surface area contributed by atoms with Crippen LogP contribution in [0.3, 0.4) is 0 Å². The fourth-order valence-corrected chi connectivity index (χ4v) is 20.1. The molecule has 8 atom stereocenters. The average Bonchev–Trinajstić information content (AvgIpc) is 1.53. The minimum atomic E-state index is -1.39. The summed E-state index contributed by atoms with van der Waals surface area (Å²) in [4.78, 5) is 181. The highest BCUT2D eigenvalue weighted by atomic mass is 32.2. The van der Waals surface area contributed by atoms with Gasteiger partial charge in [0.15, 0.2) is 0 Å². The van der Waals surface area contributed by atoms with Gasteiger partial charge in [-0.1, -0.05) is 178 Å². The zero-order valence-corrected chi connectivity index (χ0v) is 84.1. The number of ketones is 2. The molecule has 2 aliphatic heterocycles. The van der Waals surface area contributed by atoms with E-state index < -0.39 is 170 Å². The SMILES string of the molecule is C[C@H](NC(=O)[C@H](CCC(=O)O)NC(=O)CNC(=O)[C@H](CC(=O)O)CC(=O)CCc1cn(CCC#Cc2ccc3c(c2)/C(=C2/c4c(ccc5ccccc45)C[C@H]2C)c2cc(C#CCCN=[N+]=[N-])ccc2S3)nn1)C(N)=O.C[C@H](NC(=O)[C@H](CCC(=O)O)NC(=O)CNC(=O)[C@H](CC(=O)O)CC(=O)CCc1cn(CCC#Cc2ccc3c(c2)/C(=C2\c4c(ccc5ccccc45)C[C@H]2C)c2cc(C#CCCN=[N+]=[N-])ccc2S3)nn1)C(N)=O. The van der Waals surface area contributed by atoms with E-state index in [0.29, 0.717) is 63.3 Å². The predicted octanol–water partition coefficient (Wildman–Crippen LogP) is 12.0. The molecule has 0 spiro atoms. The first-order valence-corrected chi connectivity index (χ1v) is 50.2. The van der Waals surface area contributed by atoms with Gasteiger partial charge in [-0.25, -0.2) is 0 Å². The summed E-state index contributed by atoms with van der Waals surface area (Å²) in [6.07, 6.45) is 3.25. The lowest BCUT2D eigenvalue weighted by Gasteiger charge is -2.26. The number of carbonyl (C=O) groups is 14. The van der Waals surface area contributed by atoms with E-state index in [1.54, 1.807) is 45.3 Å². The van der Waals surface area contributed by atoms with Crippen LogP contribution in [-0.4, -0.2) is 183 Å². The number of primary amides is 2. The van der Waals surface area contributed by atoms with Crippen LogP contribution in [-0.2, 0) is 106 Å². The van der Waals surface area contributed by atoms with Crippen LogP contribution in [0.2, 0.25) is 0 Å². The number of fused-ring (bicyclic) bond motifs is 10. The molecule has 0 unspecified atom stereocenters. The Balaban J connectivity index is 0.000000250. The van der Waals surface area contributed by atoms with Crippen molar-refractivity contribution in [3.63, 3.8) is 0 Å². The molecule has 768 valence electrons. The molecule has 4 heterocycles. The molecule has 0 bridgehead atoms. The Morgan fingerprint density at radius 1 is 0.447 bits per heavy atom. The summed E-state index contributed by atoms with van der Waals surface area (Å²) >= 11 is 3.44. The molecule has 2 aliphatic carbocycles. The molecule has 10 aromatic rings. The van der Waals surface area contributed by atoms with Gasteiger partial charge in [-0.3, -0.25) is 76.5 Å². The number of nitrogens with zero attached hydrogens (tertiary/aromatic N) is 12. The number of nitrogens with one attached hydrogen (secondary N) is 6. The summed E-state index contributed by atoms with van der Waals surface area (Å²) < 4.78 is 3.25. The normalized spacial score (nSPS) is 15.1. The van der Waals surface area contributed by atoms with E-state index in [2.05, 4.69) is 255 Å². The van der Waals surface area contributed by atoms with Gasteiger partial charge in [-0.05, 0) is 236 Å². The van der Waals surface area contributed by atoms with Gasteiger partial charge < -0.3 is 63.8 Å². The van der Waals surface area contributed by atoms with Crippen LogP contribution in [0.1, 0.15) is 196 Å². The minimum absolute atomic E-state index is 0.0696. The highest BCUT2D eigenvalue weighted by Crippen LogP contribution is 2.56. The molecule has 0 saturated heterocycles. The standard InChI is InChI=1S/2C55H54N10O9S/c2*1-32-25-37-16-15-36-11-3-4-12-41(36)51(37)50(32)52-42-26-34(9-5-7-23-59-63-57)13-20-45(42)75-46-21-14-35(27-43(46)52)10-6-8-24-65-31-39(62-64-65)17-18-40(66)28-38(29-49(70)71)54(73)58-30-47(67)61-44(19-22-48(68)69)55(74)60-33(2)53(56)72/h2*3-4,11-16,20-21,26-27,31-33,38,44H,7-8,17-19,22-25,28-30H2,1-2H3,(H2,56,72)(H,58,73)(H,60,74)(H,61,67)(H,68,69)(H,70,71)/b52-50+;52-50-/t2*32-,33+,38+,44+/m11/s1. The Morgan fingerprint density at radius 2 is 0.800 bits per heavy atom. The van der Waals surface area contributed by atoms with Crippen LogP contribution in [0.4, 0.5) is 0 Å². The molecule has 0 radical (unpaired) electrons. The number of aliphatic carboxylic acids is 4. The first-order chi connectivity index (χ1) is 72.1. The van der Waals surface area contributed by atoms with Crippen molar-refractivity contribution in [2.75, 3.05) is 26.2 Å². The summed E-state index contributed by atoms with van der Waals surface area (Å²) in [6.45, 7) is 7.19. The second-order valence-electron chi connectivity index (χ2n) is 36.4. The Bertz CT molecular complexity index is 7040. The number of nitrogens with two attached hydrogens (primary N) is 2. The molecule has 0 saturated carbocycles. The summed E-state index contributed by atoms with van der Waals surface area (Å²) in [5.74, 6) is 10.9. The quantitative estimate of drug-likeness (QED) is 0.00556. The average molecular weight is 2060 g/mol. The Hall–Kier alpha value is -17.4. The number of allylic oxidation sites excluding steroid dienone is 2. The first-order valence-electron chi connectivity index (χ1n) is 48.6. The number of rotatable bonds is 42. The van der Waals surface area contributed by atoms with Crippen molar-refractivity contribution in [1.29, 1.82) is 0 Å². The molecule has 40 heteroatoms. The van der Waals surface area contributed by atoms with Gasteiger partial charge in [0, 0.05) is 141 Å². The lowest BCUT2D eigenvalue weighted by atomic mass is 9.84. The third-order valence-corrected chi connectivity index (χ3v) is 27.6. The smallest absolute Gasteiger partial charge is 0.304 e. The molecular weight excluding hydrogens is 1950 g/mol. The molecule has 8 amide bonds. The van der Waals surface area contributed by atoms with Crippen molar-refractivity contribution in [3.8, 4) is 47.4 Å². The maximum atomic E-state index is 13.1. The summed E-state index contributed by atoms with van der Waals surface area (Å²) in [6, 6.07) is 46.2. The fraction of sp³-hybridized carbons (Fsp3) is 0.327. The second-order valence-corrected chi connectivity index (χ2v) is 38.6. The highest BCUT2D eigenvalue weighted by molar-refractivity contribution is 7.99. The maximum Gasteiger partial charge on any atom is 0.304 e. The van der Waals surface area contributed by atoms with Crippen LogP contribution in [0.15, 0.2) is 188 Å². The van der Waals surface area contributed by atoms with Crippen LogP contribution < -0.4 is 43.4 Å². The molecule has 2 aromatic heterocycles. The third kappa shape index (κ3) is 29.9. The number of carboxylic acid groups (broad SMARTS) is 4. The molecule has 0 fully saturated rings. The van der Waals surface area contributed by atoms with E-state index in [4.69, 9.17) is 32.7 Å². The predicted molar refractivity (Wildman–Crippen MR) is 558 cm³/mol. The van der Waals surface area contributed by atoms with Crippen molar-refractivity contribution in [2.45, 2.75) is 200 Å². The van der Waals surface area contributed by atoms with E-state index in [-0.39, 0.29) is 50.4 Å². The van der Waals surface area contributed by atoms with Gasteiger partial charge in [0.2, 0.25) is 47.3 Å². The molecule has 14 rings (SSSR count). The largest absolute Gasteiger partial charge is 0.481 e. The van der Waals surface area contributed by atoms with Crippen LogP contribution in [0.25, 0.3) is 64.7 Å². The summed E-state index contributed by atoms with van der Waals surface area (Å²) in [5.41, 5.74) is 46.7. The lowest BCUT2D eigenvalue weighted by molar-refractivity contribution is -0.142. The van der Waals surface area contributed by atoms with Gasteiger partial charge in [-0.2, -0.15) is 0 Å². The van der Waals surface area contributed by atoms with Crippen molar-refractivity contribution in [1.82, 2.24) is 61.9 Å². The lowest BCUT2D eigenvalue weighted by Crippen LogP contribution is -2.53. The van der Waals surface area contributed by atoms with Crippen molar-refractivity contribution in [2.24, 2.45) is 45.4 Å². The topological polar surface area (TPSA) is 603 Å². The number of aryl methyl sites for hydroxylation is 4. The van der Waals surface area contributed by atoms with E-state index in [1.807, 2.05) is 24.3 Å². The number of azide groups is 2. The zero-order chi connectivity index (χ0) is 107. The van der Waals surface area contributed by atoms with Crippen molar-refractivity contribution < 1.29 is 87.5 Å². The first kappa shape index (κ1) is 110. The summed E-state index contributed by atoms with van der Waals surface area (Å²) in [5, 5.41) is 79.6. The molecule has 4 aliphatic rings. The number of amides is 8. The third-order valence-electron chi connectivity index (χ3n) is 25.3. The number of hydrogen-bond donors (Lipinski definition) is 12. The van der Waals surface area contributed by atoms with Crippen LogP contribution >= 0.6 is 23.5 Å². The van der Waals surface area contributed by atoms with Gasteiger partial charge in [-0.15, -0.1) is 10.2 Å². The maximum absolute atomic E-state index is 13.1. The number of carboxylic acids is 4.